The summed E-state index contributed by atoms with van der Waals surface area (Å²) in [6, 6.07) is 10.1. The summed E-state index contributed by atoms with van der Waals surface area (Å²) in [5, 5.41) is 11.9. The van der Waals surface area contributed by atoms with E-state index >= 15 is 0 Å². The van der Waals surface area contributed by atoms with Crippen LogP contribution in [0.2, 0.25) is 0 Å². The molecule has 4 aromatic rings. The normalized spacial score (nSPS) is 11.1. The zero-order valence-corrected chi connectivity index (χ0v) is 11.3. The number of fused-ring (bicyclic) bond motifs is 2. The van der Waals surface area contributed by atoms with Crippen molar-refractivity contribution in [2.45, 2.75) is 0 Å². The predicted molar refractivity (Wildman–Crippen MR) is 82.0 cm³/mol. The molecular formula is C15H12N6. The molecule has 0 fully saturated rings. The molecule has 0 atom stereocenters. The Bertz CT molecular complexity index is 943. The third-order valence-corrected chi connectivity index (χ3v) is 3.41. The van der Waals surface area contributed by atoms with Crippen LogP contribution >= 0.6 is 0 Å². The molecule has 0 aliphatic rings. The Labute approximate surface area is 120 Å². The first-order valence-electron chi connectivity index (χ1n) is 6.59. The monoisotopic (exact) mass is 276 g/mol. The van der Waals surface area contributed by atoms with Crippen molar-refractivity contribution in [3.8, 4) is 11.3 Å². The average Bonchev–Trinajstić information content (AvgIpc) is 3.01. The average molecular weight is 276 g/mol. The number of nitrogens with zero attached hydrogens (tertiary/aromatic N) is 4. The molecule has 6 heteroatoms. The van der Waals surface area contributed by atoms with Crippen molar-refractivity contribution in [2.24, 2.45) is 0 Å². The number of pyridine rings is 1. The number of hydrogen-bond acceptors (Lipinski definition) is 5. The highest BCUT2D eigenvalue weighted by Crippen LogP contribution is 2.28. The lowest BCUT2D eigenvalue weighted by Gasteiger charge is -2.06. The highest BCUT2D eigenvalue weighted by Gasteiger charge is 2.11. The molecule has 0 unspecified atom stereocenters. The van der Waals surface area contributed by atoms with E-state index in [9.17, 15) is 0 Å². The second-order valence-electron chi connectivity index (χ2n) is 4.69. The van der Waals surface area contributed by atoms with Gasteiger partial charge in [-0.05, 0) is 12.1 Å². The van der Waals surface area contributed by atoms with Crippen molar-refractivity contribution in [3.63, 3.8) is 0 Å². The smallest absolute Gasteiger partial charge is 0.225 e. The van der Waals surface area contributed by atoms with Crippen LogP contribution in [0.3, 0.4) is 0 Å². The van der Waals surface area contributed by atoms with E-state index < -0.39 is 0 Å². The molecule has 6 nitrogen and oxygen atoms in total. The fraction of sp³-hybridized carbons (Fsp3) is 0.0667. The number of anilines is 1. The van der Waals surface area contributed by atoms with Crippen LogP contribution in [0.25, 0.3) is 33.2 Å². The summed E-state index contributed by atoms with van der Waals surface area (Å²) in [6.07, 6.45) is 3.53. The van der Waals surface area contributed by atoms with E-state index in [1.807, 2.05) is 30.3 Å². The van der Waals surface area contributed by atoms with E-state index in [2.05, 4.69) is 30.5 Å². The molecule has 3 heterocycles. The van der Waals surface area contributed by atoms with Gasteiger partial charge in [-0.15, -0.1) is 0 Å². The lowest BCUT2D eigenvalue weighted by molar-refractivity contribution is 1.09. The maximum Gasteiger partial charge on any atom is 0.225 e. The maximum absolute atomic E-state index is 4.56. The van der Waals surface area contributed by atoms with Gasteiger partial charge in [0.2, 0.25) is 5.95 Å². The van der Waals surface area contributed by atoms with Crippen molar-refractivity contribution >= 4 is 27.9 Å². The van der Waals surface area contributed by atoms with Crippen molar-refractivity contribution < 1.29 is 0 Å². The Morgan fingerprint density at radius 1 is 1.14 bits per heavy atom. The number of hydrogen-bond donors (Lipinski definition) is 2. The Morgan fingerprint density at radius 3 is 3.00 bits per heavy atom. The first-order valence-corrected chi connectivity index (χ1v) is 6.59. The Hall–Kier alpha value is -3.02. The molecule has 0 saturated carbocycles. The minimum Gasteiger partial charge on any atom is -0.357 e. The van der Waals surface area contributed by atoms with E-state index in [-0.39, 0.29) is 0 Å². The van der Waals surface area contributed by atoms with E-state index in [1.54, 1.807) is 19.4 Å². The van der Waals surface area contributed by atoms with Crippen LogP contribution in [0, 0.1) is 0 Å². The van der Waals surface area contributed by atoms with Gasteiger partial charge in [0.1, 0.15) is 0 Å². The summed E-state index contributed by atoms with van der Waals surface area (Å²) in [5.41, 5.74) is 3.49. The van der Waals surface area contributed by atoms with Crippen molar-refractivity contribution in [1.82, 2.24) is 25.1 Å². The summed E-state index contributed by atoms with van der Waals surface area (Å²) in [7, 11) is 1.79. The van der Waals surface area contributed by atoms with Crippen LogP contribution in [0.1, 0.15) is 0 Å². The summed E-state index contributed by atoms with van der Waals surface area (Å²) >= 11 is 0. The third-order valence-electron chi connectivity index (χ3n) is 3.41. The first-order chi connectivity index (χ1) is 10.3. The number of benzene rings is 1. The largest absolute Gasteiger partial charge is 0.357 e. The van der Waals surface area contributed by atoms with Crippen LogP contribution in [0.4, 0.5) is 5.95 Å². The molecule has 0 saturated heterocycles. The first kappa shape index (κ1) is 11.8. The molecule has 3 aromatic heterocycles. The minimum absolute atomic E-state index is 0.558. The van der Waals surface area contributed by atoms with Crippen LogP contribution in [0.5, 0.6) is 0 Å². The molecule has 0 spiro atoms. The Morgan fingerprint density at radius 2 is 2.10 bits per heavy atom. The summed E-state index contributed by atoms with van der Waals surface area (Å²) in [6.45, 7) is 0. The molecular weight excluding hydrogens is 264 g/mol. The van der Waals surface area contributed by atoms with Crippen molar-refractivity contribution in [1.29, 1.82) is 0 Å². The number of aromatic nitrogens is 5. The van der Waals surface area contributed by atoms with Crippen LogP contribution in [-0.4, -0.2) is 32.2 Å². The van der Waals surface area contributed by atoms with E-state index in [0.29, 0.717) is 11.6 Å². The van der Waals surface area contributed by atoms with Gasteiger partial charge in [-0.2, -0.15) is 10.1 Å². The number of rotatable bonds is 2. The van der Waals surface area contributed by atoms with Crippen LogP contribution < -0.4 is 5.32 Å². The van der Waals surface area contributed by atoms with Gasteiger partial charge in [0, 0.05) is 24.2 Å². The quantitative estimate of drug-likeness (QED) is 0.588. The van der Waals surface area contributed by atoms with E-state index in [4.69, 9.17) is 0 Å². The number of aromatic amines is 1. The van der Waals surface area contributed by atoms with Gasteiger partial charge in [0.25, 0.3) is 0 Å². The Kier molecular flexibility index (Phi) is 2.53. The second-order valence-corrected chi connectivity index (χ2v) is 4.69. The lowest BCUT2D eigenvalue weighted by atomic mass is 10.1. The maximum atomic E-state index is 4.56. The fourth-order valence-corrected chi connectivity index (χ4v) is 2.38. The summed E-state index contributed by atoms with van der Waals surface area (Å²) < 4.78 is 0. The summed E-state index contributed by atoms with van der Waals surface area (Å²) in [5.74, 6) is 0.558. The minimum atomic E-state index is 0.558. The predicted octanol–water partition coefficient (Wildman–Crippen LogP) is 2.61. The molecule has 4 rings (SSSR count). The van der Waals surface area contributed by atoms with E-state index in [1.165, 1.54) is 0 Å². The molecule has 0 amide bonds. The van der Waals surface area contributed by atoms with Gasteiger partial charge >= 0.3 is 0 Å². The molecule has 102 valence electrons. The second kappa shape index (κ2) is 4.52. The molecule has 0 radical (unpaired) electrons. The van der Waals surface area contributed by atoms with Crippen molar-refractivity contribution in [2.75, 3.05) is 12.4 Å². The summed E-state index contributed by atoms with van der Waals surface area (Å²) in [4.78, 5) is 13.3. The van der Waals surface area contributed by atoms with Gasteiger partial charge in [-0.3, -0.25) is 10.1 Å². The Balaban J connectivity index is 2.00. The molecule has 21 heavy (non-hydrogen) atoms. The lowest BCUT2D eigenvalue weighted by Crippen LogP contribution is -1.98. The van der Waals surface area contributed by atoms with Gasteiger partial charge < -0.3 is 5.32 Å². The SMILES string of the molecule is CNc1nc(-c2ccc3cccnc3c2)c2cn[nH]c2n1. The molecule has 0 aliphatic carbocycles. The molecule has 2 N–H and O–H groups in total. The zero-order chi connectivity index (χ0) is 14.2. The molecule has 1 aromatic carbocycles. The topological polar surface area (TPSA) is 79.4 Å². The highest BCUT2D eigenvalue weighted by atomic mass is 15.2. The van der Waals surface area contributed by atoms with Crippen LogP contribution in [0.15, 0.2) is 42.7 Å². The number of nitrogens with one attached hydrogen (secondary N) is 2. The number of H-pyrrole nitrogens is 1. The van der Waals surface area contributed by atoms with E-state index in [0.717, 1.165) is 27.5 Å². The van der Waals surface area contributed by atoms with Gasteiger partial charge in [0.05, 0.1) is 22.8 Å². The zero-order valence-electron chi connectivity index (χ0n) is 11.3. The van der Waals surface area contributed by atoms with Gasteiger partial charge in [-0.25, -0.2) is 4.98 Å². The fourth-order valence-electron chi connectivity index (χ4n) is 2.38. The standard InChI is InChI=1S/C15H12N6/c1-16-15-19-13(11-8-18-21-14(11)20-15)10-5-4-9-3-2-6-17-12(9)7-10/h2-8H,1H3,(H2,16,18,19,20,21). The van der Waals surface area contributed by atoms with Gasteiger partial charge in [0.15, 0.2) is 5.65 Å². The third kappa shape index (κ3) is 1.88. The molecule has 0 bridgehead atoms. The van der Waals surface area contributed by atoms with Gasteiger partial charge in [-0.1, -0.05) is 18.2 Å². The highest BCUT2D eigenvalue weighted by molar-refractivity contribution is 5.93. The molecule has 0 aliphatic heterocycles. The van der Waals surface area contributed by atoms with Crippen molar-refractivity contribution in [3.05, 3.63) is 42.7 Å². The van der Waals surface area contributed by atoms with Crippen LogP contribution in [-0.2, 0) is 0 Å².